The molecule has 0 spiro atoms. The average molecular weight is 312 g/mol. The minimum Gasteiger partial charge on any atom is -0.497 e. The summed E-state index contributed by atoms with van der Waals surface area (Å²) in [5, 5.41) is 0. The predicted octanol–water partition coefficient (Wildman–Crippen LogP) is 3.63. The second kappa shape index (κ2) is 6.59. The van der Waals surface area contributed by atoms with E-state index in [0.29, 0.717) is 6.42 Å². The fourth-order valence-electron chi connectivity index (χ4n) is 1.69. The van der Waals surface area contributed by atoms with E-state index >= 15 is 0 Å². The van der Waals surface area contributed by atoms with E-state index in [1.165, 1.54) is 0 Å². The first-order valence-electron chi connectivity index (χ1n) is 5.73. The van der Waals surface area contributed by atoms with Crippen molar-refractivity contribution in [1.29, 1.82) is 0 Å². The normalized spacial score (nSPS) is 11.8. The second-order valence-corrected chi connectivity index (χ2v) is 4.99. The Hall–Kier alpha value is -1.29. The maximum absolute atomic E-state index is 12.2. The number of benzene rings is 1. The molecule has 0 aliphatic rings. The van der Waals surface area contributed by atoms with E-state index in [9.17, 15) is 4.79 Å². The minimum absolute atomic E-state index is 0.0681. The molecule has 0 saturated carbocycles. The zero-order chi connectivity index (χ0) is 13.7. The first-order chi connectivity index (χ1) is 8.51. The summed E-state index contributed by atoms with van der Waals surface area (Å²) in [6.07, 6.45) is 2.44. The van der Waals surface area contributed by atoms with Crippen LogP contribution in [0, 0.1) is 5.92 Å². The molecule has 0 heterocycles. The number of allylic oxidation sites excluding steroid dienone is 1. The summed E-state index contributed by atoms with van der Waals surface area (Å²) in [6, 6.07) is 5.54. The number of methoxy groups -OCH3 is 1. The Morgan fingerprint density at radius 3 is 2.78 bits per heavy atom. The highest BCUT2D eigenvalue weighted by Gasteiger charge is 2.19. The third-order valence-corrected chi connectivity index (χ3v) is 3.42. The number of rotatable bonds is 5. The number of nitrogens with zero attached hydrogens (tertiary/aromatic N) is 1. The Balaban J connectivity index is 2.93. The van der Waals surface area contributed by atoms with Gasteiger partial charge in [-0.3, -0.25) is 4.79 Å². The summed E-state index contributed by atoms with van der Waals surface area (Å²) in [5.74, 6) is 0.757. The zero-order valence-electron chi connectivity index (χ0n) is 10.9. The molecule has 18 heavy (non-hydrogen) atoms. The van der Waals surface area contributed by atoms with E-state index in [1.54, 1.807) is 25.1 Å². The largest absolute Gasteiger partial charge is 0.497 e. The lowest BCUT2D eigenvalue weighted by Crippen LogP contribution is -2.31. The number of ether oxygens (including phenoxy) is 1. The quantitative estimate of drug-likeness (QED) is 0.777. The maximum atomic E-state index is 12.2. The maximum Gasteiger partial charge on any atom is 0.229 e. The second-order valence-electron chi connectivity index (χ2n) is 4.14. The molecule has 0 bridgehead atoms. The van der Waals surface area contributed by atoms with Gasteiger partial charge in [0.2, 0.25) is 5.91 Å². The van der Waals surface area contributed by atoms with Gasteiger partial charge in [0.15, 0.2) is 0 Å². The van der Waals surface area contributed by atoms with Crippen LogP contribution in [0.15, 0.2) is 35.3 Å². The molecule has 0 aromatic heterocycles. The van der Waals surface area contributed by atoms with Crippen LogP contribution in [0.2, 0.25) is 0 Å². The number of anilines is 1. The predicted molar refractivity (Wildman–Crippen MR) is 78.1 cm³/mol. The summed E-state index contributed by atoms with van der Waals surface area (Å²) in [4.78, 5) is 13.8. The van der Waals surface area contributed by atoms with E-state index in [0.717, 1.165) is 15.9 Å². The Morgan fingerprint density at radius 1 is 1.61 bits per heavy atom. The van der Waals surface area contributed by atoms with Crippen molar-refractivity contribution >= 4 is 27.5 Å². The lowest BCUT2D eigenvalue weighted by molar-refractivity contribution is -0.121. The van der Waals surface area contributed by atoms with Crippen LogP contribution in [0.5, 0.6) is 5.75 Å². The Labute approximate surface area is 117 Å². The standard InChI is InChI=1S/C14H18BrNO2/c1-5-6-10(2)14(17)16(3)13-8-7-11(18-4)9-12(13)15/h5,7-10H,1,6H2,2-4H3. The molecule has 0 fully saturated rings. The van der Waals surface area contributed by atoms with Crippen molar-refractivity contribution in [1.82, 2.24) is 0 Å². The van der Waals surface area contributed by atoms with Gasteiger partial charge in [-0.05, 0) is 40.5 Å². The van der Waals surface area contributed by atoms with Crippen molar-refractivity contribution in [3.63, 3.8) is 0 Å². The molecule has 1 aromatic carbocycles. The smallest absolute Gasteiger partial charge is 0.229 e. The zero-order valence-corrected chi connectivity index (χ0v) is 12.5. The number of hydrogen-bond donors (Lipinski definition) is 0. The van der Waals surface area contributed by atoms with Crippen LogP contribution in [-0.4, -0.2) is 20.1 Å². The SMILES string of the molecule is C=CCC(C)C(=O)N(C)c1ccc(OC)cc1Br. The molecule has 0 aliphatic carbocycles. The molecule has 1 rings (SSSR count). The van der Waals surface area contributed by atoms with Crippen molar-refractivity contribution in [2.24, 2.45) is 5.92 Å². The van der Waals surface area contributed by atoms with Gasteiger partial charge in [-0.15, -0.1) is 6.58 Å². The van der Waals surface area contributed by atoms with Crippen LogP contribution in [0.1, 0.15) is 13.3 Å². The van der Waals surface area contributed by atoms with Gasteiger partial charge in [-0.25, -0.2) is 0 Å². The summed E-state index contributed by atoms with van der Waals surface area (Å²) >= 11 is 3.45. The van der Waals surface area contributed by atoms with E-state index in [1.807, 2.05) is 25.1 Å². The Kier molecular flexibility index (Phi) is 5.41. The van der Waals surface area contributed by atoms with Crippen molar-refractivity contribution in [3.8, 4) is 5.75 Å². The molecule has 0 radical (unpaired) electrons. The molecule has 1 atom stereocenters. The van der Waals surface area contributed by atoms with Gasteiger partial charge < -0.3 is 9.64 Å². The fraction of sp³-hybridized carbons (Fsp3) is 0.357. The van der Waals surface area contributed by atoms with E-state index in [-0.39, 0.29) is 11.8 Å². The summed E-state index contributed by atoms with van der Waals surface area (Å²) in [5.41, 5.74) is 0.830. The van der Waals surface area contributed by atoms with Crippen molar-refractivity contribution in [2.75, 3.05) is 19.1 Å². The minimum atomic E-state index is -0.0681. The van der Waals surface area contributed by atoms with E-state index in [2.05, 4.69) is 22.5 Å². The molecule has 4 heteroatoms. The van der Waals surface area contributed by atoms with Gasteiger partial charge in [0.1, 0.15) is 5.75 Å². The summed E-state index contributed by atoms with van der Waals surface area (Å²) < 4.78 is 5.97. The van der Waals surface area contributed by atoms with Gasteiger partial charge in [-0.1, -0.05) is 13.0 Å². The number of carbonyl (C=O) groups excluding carboxylic acids is 1. The molecule has 1 unspecified atom stereocenters. The molecular weight excluding hydrogens is 294 g/mol. The number of carbonyl (C=O) groups is 1. The molecule has 98 valence electrons. The van der Waals surface area contributed by atoms with Gasteiger partial charge >= 0.3 is 0 Å². The number of amides is 1. The number of halogens is 1. The highest BCUT2D eigenvalue weighted by molar-refractivity contribution is 9.10. The summed E-state index contributed by atoms with van der Waals surface area (Å²) in [7, 11) is 3.39. The Morgan fingerprint density at radius 2 is 2.28 bits per heavy atom. The van der Waals surface area contributed by atoms with Crippen LogP contribution in [-0.2, 0) is 4.79 Å². The summed E-state index contributed by atoms with van der Waals surface area (Å²) in [6.45, 7) is 5.56. The highest BCUT2D eigenvalue weighted by atomic mass is 79.9. The van der Waals surface area contributed by atoms with Crippen LogP contribution >= 0.6 is 15.9 Å². The van der Waals surface area contributed by atoms with Crippen molar-refractivity contribution < 1.29 is 9.53 Å². The number of hydrogen-bond acceptors (Lipinski definition) is 2. The van der Waals surface area contributed by atoms with Gasteiger partial charge in [0, 0.05) is 17.4 Å². The van der Waals surface area contributed by atoms with Gasteiger partial charge in [0.25, 0.3) is 0 Å². The molecular formula is C14H18BrNO2. The molecule has 1 aromatic rings. The first-order valence-corrected chi connectivity index (χ1v) is 6.52. The van der Waals surface area contributed by atoms with Crippen LogP contribution in [0.3, 0.4) is 0 Å². The van der Waals surface area contributed by atoms with E-state index < -0.39 is 0 Å². The molecule has 1 amide bonds. The van der Waals surface area contributed by atoms with Crippen LogP contribution in [0.4, 0.5) is 5.69 Å². The fourth-order valence-corrected chi connectivity index (χ4v) is 2.31. The third-order valence-electron chi connectivity index (χ3n) is 2.79. The van der Waals surface area contributed by atoms with Crippen LogP contribution in [0.25, 0.3) is 0 Å². The van der Waals surface area contributed by atoms with Gasteiger partial charge in [-0.2, -0.15) is 0 Å². The van der Waals surface area contributed by atoms with E-state index in [4.69, 9.17) is 4.74 Å². The van der Waals surface area contributed by atoms with Crippen LogP contribution < -0.4 is 9.64 Å². The lowest BCUT2D eigenvalue weighted by atomic mass is 10.1. The van der Waals surface area contributed by atoms with Crippen molar-refractivity contribution in [2.45, 2.75) is 13.3 Å². The first kappa shape index (κ1) is 14.8. The monoisotopic (exact) mass is 311 g/mol. The van der Waals surface area contributed by atoms with Gasteiger partial charge in [0.05, 0.1) is 12.8 Å². The lowest BCUT2D eigenvalue weighted by Gasteiger charge is -2.22. The molecule has 3 nitrogen and oxygen atoms in total. The topological polar surface area (TPSA) is 29.5 Å². The molecule has 0 N–H and O–H groups in total. The average Bonchev–Trinajstić information content (AvgIpc) is 2.37. The van der Waals surface area contributed by atoms with Crippen molar-refractivity contribution in [3.05, 3.63) is 35.3 Å². The molecule has 0 aliphatic heterocycles. The third kappa shape index (κ3) is 3.35. The highest BCUT2D eigenvalue weighted by Crippen LogP contribution is 2.30. The molecule has 0 saturated heterocycles. The Bertz CT molecular complexity index is 445.